The highest BCUT2D eigenvalue weighted by molar-refractivity contribution is 7.19. The number of fused-ring (bicyclic) bond motifs is 1. The van der Waals surface area contributed by atoms with Crippen LogP contribution < -0.4 is 4.90 Å². The molecule has 3 aromatic rings. The lowest BCUT2D eigenvalue weighted by Crippen LogP contribution is -2.07. The summed E-state index contributed by atoms with van der Waals surface area (Å²) in [6.07, 6.45) is 2.16. The Morgan fingerprint density at radius 2 is 1.88 bits per heavy atom. The maximum Gasteiger partial charge on any atom is 0.186 e. The van der Waals surface area contributed by atoms with E-state index in [1.165, 1.54) is 5.69 Å². The van der Waals surface area contributed by atoms with Gasteiger partial charge >= 0.3 is 0 Å². The number of hydrogen-bond donors (Lipinski definition) is 0. The van der Waals surface area contributed by atoms with Gasteiger partial charge in [0.05, 0.1) is 16.1 Å². The van der Waals surface area contributed by atoms with E-state index in [1.807, 2.05) is 37.4 Å². The predicted molar refractivity (Wildman–Crippen MR) is 106 cm³/mol. The van der Waals surface area contributed by atoms with Crippen LogP contribution in [0.2, 0.25) is 5.15 Å². The van der Waals surface area contributed by atoms with Crippen molar-refractivity contribution in [2.75, 3.05) is 19.0 Å². The Hall–Kier alpha value is -1.66. The third-order valence-electron chi connectivity index (χ3n) is 4.51. The molecule has 0 fully saturated rings. The zero-order valence-corrected chi connectivity index (χ0v) is 17.2. The number of halogens is 1. The zero-order chi connectivity index (χ0) is 18.3. The second-order valence-corrected chi connectivity index (χ2v) is 7.88. The zero-order valence-electron chi connectivity index (χ0n) is 15.6. The van der Waals surface area contributed by atoms with Gasteiger partial charge in [0, 0.05) is 31.4 Å². The quantitative estimate of drug-likeness (QED) is 0.621. The maximum atomic E-state index is 6.46. The molecule has 0 unspecified atom stereocenters. The molecule has 3 aromatic heterocycles. The van der Waals surface area contributed by atoms with Crippen LogP contribution in [0.25, 0.3) is 16.1 Å². The van der Waals surface area contributed by atoms with Crippen LogP contribution in [0.1, 0.15) is 49.7 Å². The fourth-order valence-electron chi connectivity index (χ4n) is 3.17. The van der Waals surface area contributed by atoms with E-state index < -0.39 is 0 Å². The van der Waals surface area contributed by atoms with E-state index in [1.54, 1.807) is 11.3 Å². The molecule has 25 heavy (non-hydrogen) atoms. The molecule has 0 amide bonds. The van der Waals surface area contributed by atoms with Gasteiger partial charge in [0.25, 0.3) is 0 Å². The van der Waals surface area contributed by atoms with Gasteiger partial charge in [0.15, 0.2) is 10.8 Å². The van der Waals surface area contributed by atoms with Crippen molar-refractivity contribution >= 4 is 33.7 Å². The Bertz CT molecular complexity index is 908. The minimum Gasteiger partial charge on any atom is -0.354 e. The van der Waals surface area contributed by atoms with Crippen LogP contribution in [0.5, 0.6) is 0 Å². The van der Waals surface area contributed by atoms with Crippen LogP contribution in [0.3, 0.4) is 0 Å². The second-order valence-electron chi connectivity index (χ2n) is 6.54. The summed E-state index contributed by atoms with van der Waals surface area (Å²) in [7, 11) is 3.94. The van der Waals surface area contributed by atoms with E-state index in [0.717, 1.165) is 45.4 Å². The van der Waals surface area contributed by atoms with Crippen LogP contribution in [0, 0.1) is 13.8 Å². The van der Waals surface area contributed by atoms with Crippen molar-refractivity contribution in [2.45, 2.75) is 46.5 Å². The van der Waals surface area contributed by atoms with E-state index >= 15 is 0 Å². The number of aryl methyl sites for hydroxylation is 2. The lowest BCUT2D eigenvalue weighted by Gasteiger charge is -2.15. The van der Waals surface area contributed by atoms with Gasteiger partial charge in [0.2, 0.25) is 0 Å². The Morgan fingerprint density at radius 3 is 2.44 bits per heavy atom. The first-order valence-electron chi connectivity index (χ1n) is 8.58. The van der Waals surface area contributed by atoms with Crippen molar-refractivity contribution in [3.8, 4) is 10.4 Å². The standard InChI is InChI=1S/C18H24ClN5S/c1-7-12(8-2)13-9-10(3)20-17-14(11(4)22-24(13)17)15-16(19)21-18(25-15)23(5)6/h9,12H,7-8H2,1-6H3. The van der Waals surface area contributed by atoms with Crippen molar-refractivity contribution in [1.82, 2.24) is 19.6 Å². The first-order valence-corrected chi connectivity index (χ1v) is 9.77. The molecular formula is C18H24ClN5S. The van der Waals surface area contributed by atoms with Gasteiger partial charge in [0.1, 0.15) is 5.15 Å². The van der Waals surface area contributed by atoms with Crippen LogP contribution in [-0.4, -0.2) is 33.7 Å². The molecule has 7 heteroatoms. The maximum absolute atomic E-state index is 6.46. The molecular weight excluding hydrogens is 354 g/mol. The highest BCUT2D eigenvalue weighted by Gasteiger charge is 2.23. The van der Waals surface area contributed by atoms with Crippen LogP contribution in [0.4, 0.5) is 5.13 Å². The summed E-state index contributed by atoms with van der Waals surface area (Å²) in [5.74, 6) is 0.464. The first-order chi connectivity index (χ1) is 11.9. The number of rotatable bonds is 5. The molecule has 134 valence electrons. The molecule has 5 nitrogen and oxygen atoms in total. The number of anilines is 1. The summed E-state index contributed by atoms with van der Waals surface area (Å²) >= 11 is 8.03. The summed E-state index contributed by atoms with van der Waals surface area (Å²) in [6.45, 7) is 8.49. The average Bonchev–Trinajstić information content (AvgIpc) is 3.08. The number of thiazole rings is 1. The summed E-state index contributed by atoms with van der Waals surface area (Å²) < 4.78 is 2.00. The van der Waals surface area contributed by atoms with E-state index in [4.69, 9.17) is 21.7 Å². The van der Waals surface area contributed by atoms with Crippen molar-refractivity contribution < 1.29 is 0 Å². The normalized spacial score (nSPS) is 11.7. The van der Waals surface area contributed by atoms with Gasteiger partial charge < -0.3 is 4.90 Å². The minimum absolute atomic E-state index is 0.464. The summed E-state index contributed by atoms with van der Waals surface area (Å²) in [5.41, 5.74) is 5.02. The van der Waals surface area contributed by atoms with Gasteiger partial charge in [-0.2, -0.15) is 5.10 Å². The highest BCUT2D eigenvalue weighted by Crippen LogP contribution is 2.41. The molecule has 0 radical (unpaired) electrons. The molecule has 0 aliphatic heterocycles. The largest absolute Gasteiger partial charge is 0.354 e. The monoisotopic (exact) mass is 377 g/mol. The fourth-order valence-corrected chi connectivity index (χ4v) is 4.49. The molecule has 0 aliphatic rings. The van der Waals surface area contributed by atoms with Crippen LogP contribution >= 0.6 is 22.9 Å². The number of aromatic nitrogens is 4. The van der Waals surface area contributed by atoms with Gasteiger partial charge in [-0.25, -0.2) is 14.5 Å². The summed E-state index contributed by atoms with van der Waals surface area (Å²) in [4.78, 5) is 12.2. The molecule has 0 saturated carbocycles. The van der Waals surface area contributed by atoms with Crippen molar-refractivity contribution in [1.29, 1.82) is 0 Å². The number of hydrogen-bond acceptors (Lipinski definition) is 5. The van der Waals surface area contributed by atoms with Gasteiger partial charge in [-0.15, -0.1) is 0 Å². The Morgan fingerprint density at radius 1 is 1.20 bits per heavy atom. The summed E-state index contributed by atoms with van der Waals surface area (Å²) in [6, 6.07) is 2.15. The molecule has 0 spiro atoms. The third kappa shape index (κ3) is 3.13. The molecule has 0 aliphatic carbocycles. The Labute approximate surface area is 157 Å². The van der Waals surface area contributed by atoms with Crippen molar-refractivity contribution in [2.24, 2.45) is 0 Å². The molecule has 3 heterocycles. The SMILES string of the molecule is CCC(CC)c1cc(C)nc2c(-c3sc(N(C)C)nc3Cl)c(C)nn12. The summed E-state index contributed by atoms with van der Waals surface area (Å²) in [5, 5.41) is 6.20. The van der Waals surface area contributed by atoms with Crippen molar-refractivity contribution in [3.63, 3.8) is 0 Å². The molecule has 3 rings (SSSR count). The topological polar surface area (TPSA) is 46.3 Å². The minimum atomic E-state index is 0.464. The van der Waals surface area contributed by atoms with Crippen LogP contribution in [0.15, 0.2) is 6.07 Å². The Balaban J connectivity index is 2.29. The molecule has 0 N–H and O–H groups in total. The number of nitrogens with zero attached hydrogens (tertiary/aromatic N) is 5. The van der Waals surface area contributed by atoms with Crippen molar-refractivity contribution in [3.05, 3.63) is 28.3 Å². The molecule has 0 aromatic carbocycles. The van der Waals surface area contributed by atoms with E-state index in [2.05, 4.69) is 24.9 Å². The predicted octanol–water partition coefficient (Wildman–Crippen LogP) is 5.09. The lowest BCUT2D eigenvalue weighted by atomic mass is 9.98. The Kier molecular flexibility index (Phi) is 5.02. The van der Waals surface area contributed by atoms with Crippen LogP contribution in [-0.2, 0) is 0 Å². The smallest absolute Gasteiger partial charge is 0.186 e. The second kappa shape index (κ2) is 6.92. The molecule has 0 atom stereocenters. The highest BCUT2D eigenvalue weighted by atomic mass is 35.5. The van der Waals surface area contributed by atoms with E-state index in [-0.39, 0.29) is 0 Å². The fraction of sp³-hybridized carbons (Fsp3) is 0.500. The first kappa shape index (κ1) is 18.1. The van der Waals surface area contributed by atoms with Gasteiger partial charge in [-0.05, 0) is 32.8 Å². The molecule has 0 saturated heterocycles. The van der Waals surface area contributed by atoms with E-state index in [9.17, 15) is 0 Å². The van der Waals surface area contributed by atoms with Gasteiger partial charge in [-0.3, -0.25) is 0 Å². The average molecular weight is 378 g/mol. The lowest BCUT2D eigenvalue weighted by molar-refractivity contribution is 0.598. The molecule has 0 bridgehead atoms. The van der Waals surface area contributed by atoms with E-state index in [0.29, 0.717) is 11.1 Å². The van der Waals surface area contributed by atoms with Gasteiger partial charge in [-0.1, -0.05) is 36.8 Å². The third-order valence-corrected chi connectivity index (χ3v) is 6.13.